The van der Waals surface area contributed by atoms with E-state index in [2.05, 4.69) is 43.9 Å². The molecule has 0 aliphatic carbocycles. The molecule has 3 aromatic rings. The molecule has 0 fully saturated rings. The van der Waals surface area contributed by atoms with E-state index >= 15 is 0 Å². The van der Waals surface area contributed by atoms with E-state index in [-0.39, 0.29) is 5.91 Å². The predicted octanol–water partition coefficient (Wildman–Crippen LogP) is 5.57. The molecule has 0 N–H and O–H groups in total. The highest BCUT2D eigenvalue weighted by Crippen LogP contribution is 2.32. The molecule has 154 valence electrons. The first-order valence-electron chi connectivity index (χ1n) is 10.2. The summed E-state index contributed by atoms with van der Waals surface area (Å²) in [5.41, 5.74) is 2.95. The van der Waals surface area contributed by atoms with Crippen LogP contribution >= 0.6 is 23.1 Å². The maximum atomic E-state index is 13.4. The van der Waals surface area contributed by atoms with E-state index in [4.69, 9.17) is 4.98 Å². The summed E-state index contributed by atoms with van der Waals surface area (Å²) >= 11 is 3.28. The molecular weight excluding hydrogens is 398 g/mol. The first kappa shape index (κ1) is 21.8. The number of thiazole rings is 1. The third kappa shape index (κ3) is 5.00. The Morgan fingerprint density at radius 1 is 1.03 bits per heavy atom. The summed E-state index contributed by atoms with van der Waals surface area (Å²) in [7, 11) is 0. The number of aryl methyl sites for hydroxylation is 1. The van der Waals surface area contributed by atoms with Crippen molar-refractivity contribution in [3.05, 3.63) is 53.6 Å². The van der Waals surface area contributed by atoms with E-state index in [1.54, 1.807) is 23.1 Å². The molecule has 0 aliphatic heterocycles. The standard InChI is InChI=1S/C23H29N3OS2/c1-5-17-9-8-10-20-21(17)24-23(29-20)26(16-15-25(6-2)7-3)22(27)18-11-13-19(28-4)14-12-18/h8-14H,5-7,15-16H2,1-4H3. The van der Waals surface area contributed by atoms with Crippen molar-refractivity contribution in [1.29, 1.82) is 0 Å². The Morgan fingerprint density at radius 3 is 2.38 bits per heavy atom. The molecule has 2 aromatic carbocycles. The molecule has 0 aliphatic rings. The SMILES string of the molecule is CCc1cccc2sc(N(CCN(CC)CC)C(=O)c3ccc(SC)cc3)nc12. The smallest absolute Gasteiger partial charge is 0.260 e. The Kier molecular flexibility index (Phi) is 7.70. The van der Waals surface area contributed by atoms with Crippen molar-refractivity contribution in [3.63, 3.8) is 0 Å². The predicted molar refractivity (Wildman–Crippen MR) is 127 cm³/mol. The van der Waals surface area contributed by atoms with Crippen LogP contribution in [-0.4, -0.2) is 48.2 Å². The first-order valence-corrected chi connectivity index (χ1v) is 12.2. The fourth-order valence-electron chi connectivity index (χ4n) is 3.35. The van der Waals surface area contributed by atoms with E-state index in [1.165, 1.54) is 5.56 Å². The molecule has 0 bridgehead atoms. The van der Waals surface area contributed by atoms with Crippen molar-refractivity contribution in [3.8, 4) is 0 Å². The Balaban J connectivity index is 1.96. The average molecular weight is 428 g/mol. The van der Waals surface area contributed by atoms with Gasteiger partial charge in [0.2, 0.25) is 0 Å². The lowest BCUT2D eigenvalue weighted by Gasteiger charge is -2.24. The number of thioether (sulfide) groups is 1. The van der Waals surface area contributed by atoms with Crippen LogP contribution in [0.1, 0.15) is 36.7 Å². The Labute approximate surface area is 181 Å². The molecule has 6 heteroatoms. The normalized spacial score (nSPS) is 11.3. The maximum absolute atomic E-state index is 13.4. The average Bonchev–Trinajstić information content (AvgIpc) is 3.20. The van der Waals surface area contributed by atoms with Crippen molar-refractivity contribution < 1.29 is 4.79 Å². The van der Waals surface area contributed by atoms with Gasteiger partial charge in [0.05, 0.1) is 10.2 Å². The minimum atomic E-state index is 0.0157. The summed E-state index contributed by atoms with van der Waals surface area (Å²) in [6, 6.07) is 14.1. The van der Waals surface area contributed by atoms with Crippen LogP contribution in [0.3, 0.4) is 0 Å². The number of para-hydroxylation sites is 1. The van der Waals surface area contributed by atoms with Crippen LogP contribution in [0.5, 0.6) is 0 Å². The van der Waals surface area contributed by atoms with Gasteiger partial charge >= 0.3 is 0 Å². The molecule has 3 rings (SSSR count). The molecule has 1 amide bonds. The van der Waals surface area contributed by atoms with Crippen molar-refractivity contribution in [2.45, 2.75) is 32.1 Å². The lowest BCUT2D eigenvalue weighted by Crippen LogP contribution is -2.38. The van der Waals surface area contributed by atoms with Crippen LogP contribution in [-0.2, 0) is 6.42 Å². The minimum absolute atomic E-state index is 0.0157. The molecule has 0 saturated heterocycles. The largest absolute Gasteiger partial charge is 0.302 e. The number of aromatic nitrogens is 1. The number of carbonyl (C=O) groups is 1. The second-order valence-electron chi connectivity index (χ2n) is 6.83. The van der Waals surface area contributed by atoms with Crippen LogP contribution in [0.15, 0.2) is 47.4 Å². The second-order valence-corrected chi connectivity index (χ2v) is 8.71. The minimum Gasteiger partial charge on any atom is -0.302 e. The van der Waals surface area contributed by atoms with E-state index in [1.807, 2.05) is 35.4 Å². The number of benzene rings is 2. The van der Waals surface area contributed by atoms with Gasteiger partial charge in [-0.25, -0.2) is 4.98 Å². The van der Waals surface area contributed by atoms with Crippen LogP contribution < -0.4 is 4.90 Å². The number of likely N-dealkylation sites (N-methyl/N-ethyl adjacent to an activating group) is 1. The van der Waals surface area contributed by atoms with E-state index in [9.17, 15) is 4.79 Å². The van der Waals surface area contributed by atoms with Crippen molar-refractivity contribution in [1.82, 2.24) is 9.88 Å². The monoisotopic (exact) mass is 427 g/mol. The zero-order valence-corrected chi connectivity index (χ0v) is 19.3. The van der Waals surface area contributed by atoms with Gasteiger partial charge in [-0.1, -0.05) is 44.2 Å². The number of fused-ring (bicyclic) bond motifs is 1. The molecule has 1 heterocycles. The lowest BCUT2D eigenvalue weighted by atomic mass is 10.1. The van der Waals surface area contributed by atoms with Crippen molar-refractivity contribution in [2.75, 3.05) is 37.3 Å². The van der Waals surface area contributed by atoms with Gasteiger partial charge in [0.1, 0.15) is 0 Å². The number of nitrogens with zero attached hydrogens (tertiary/aromatic N) is 3. The molecule has 0 atom stereocenters. The van der Waals surface area contributed by atoms with E-state index < -0.39 is 0 Å². The van der Waals surface area contributed by atoms with Crippen LogP contribution in [0, 0.1) is 0 Å². The summed E-state index contributed by atoms with van der Waals surface area (Å²) in [5, 5.41) is 0.784. The third-order valence-corrected chi connectivity index (χ3v) is 7.01. The second kappa shape index (κ2) is 10.2. The van der Waals surface area contributed by atoms with Gasteiger partial charge in [0, 0.05) is 23.5 Å². The third-order valence-electron chi connectivity index (χ3n) is 5.22. The van der Waals surface area contributed by atoms with E-state index in [0.29, 0.717) is 12.1 Å². The molecule has 1 aromatic heterocycles. The fraction of sp³-hybridized carbons (Fsp3) is 0.391. The van der Waals surface area contributed by atoms with Crippen LogP contribution in [0.2, 0.25) is 0 Å². The van der Waals surface area contributed by atoms with E-state index in [0.717, 1.165) is 46.3 Å². The quantitative estimate of drug-likeness (QED) is 0.418. The highest BCUT2D eigenvalue weighted by atomic mass is 32.2. The molecule has 0 radical (unpaired) electrons. The summed E-state index contributed by atoms with van der Waals surface area (Å²) in [5.74, 6) is 0.0157. The fourth-order valence-corrected chi connectivity index (χ4v) is 4.80. The zero-order chi connectivity index (χ0) is 20.8. The Morgan fingerprint density at radius 2 is 1.76 bits per heavy atom. The van der Waals surface area contributed by atoms with Gasteiger partial charge in [-0.05, 0) is 61.7 Å². The zero-order valence-electron chi connectivity index (χ0n) is 17.6. The van der Waals surface area contributed by atoms with Gasteiger partial charge in [0.15, 0.2) is 5.13 Å². The summed E-state index contributed by atoms with van der Waals surface area (Å²) in [6.45, 7) is 9.86. The van der Waals surface area contributed by atoms with Gasteiger partial charge in [0.25, 0.3) is 5.91 Å². The molecule has 0 unspecified atom stereocenters. The highest BCUT2D eigenvalue weighted by molar-refractivity contribution is 7.98. The van der Waals surface area contributed by atoms with Gasteiger partial charge < -0.3 is 4.90 Å². The number of hydrogen-bond acceptors (Lipinski definition) is 5. The first-order chi connectivity index (χ1) is 14.1. The molecule has 4 nitrogen and oxygen atoms in total. The highest BCUT2D eigenvalue weighted by Gasteiger charge is 2.22. The number of amides is 1. The lowest BCUT2D eigenvalue weighted by molar-refractivity contribution is 0.0983. The van der Waals surface area contributed by atoms with Crippen LogP contribution in [0.4, 0.5) is 5.13 Å². The summed E-state index contributed by atoms with van der Waals surface area (Å²) in [4.78, 5) is 23.7. The van der Waals surface area contributed by atoms with Crippen molar-refractivity contribution >= 4 is 44.4 Å². The van der Waals surface area contributed by atoms with Crippen molar-refractivity contribution in [2.24, 2.45) is 0 Å². The van der Waals surface area contributed by atoms with Gasteiger partial charge in [-0.15, -0.1) is 11.8 Å². The molecule has 29 heavy (non-hydrogen) atoms. The maximum Gasteiger partial charge on any atom is 0.260 e. The van der Waals surface area contributed by atoms with Gasteiger partial charge in [-0.2, -0.15) is 0 Å². The number of hydrogen-bond donors (Lipinski definition) is 0. The number of carbonyl (C=O) groups excluding carboxylic acids is 1. The summed E-state index contributed by atoms with van der Waals surface area (Å²) in [6.07, 6.45) is 2.98. The topological polar surface area (TPSA) is 36.4 Å². The molecule has 0 saturated carbocycles. The number of anilines is 1. The molecular formula is C23H29N3OS2. The molecule has 0 spiro atoms. The Hall–Kier alpha value is -1.89. The summed E-state index contributed by atoms with van der Waals surface area (Å²) < 4.78 is 1.14. The van der Waals surface area contributed by atoms with Crippen LogP contribution in [0.25, 0.3) is 10.2 Å². The number of rotatable bonds is 9. The van der Waals surface area contributed by atoms with Gasteiger partial charge in [-0.3, -0.25) is 9.69 Å². The Bertz CT molecular complexity index is 948.